The molecule has 1 unspecified atom stereocenters. The number of hydrogen-bond donors (Lipinski definition) is 0. The van der Waals surface area contributed by atoms with Crippen molar-refractivity contribution in [2.75, 3.05) is 14.2 Å². The first kappa shape index (κ1) is 30.2. The van der Waals surface area contributed by atoms with E-state index in [9.17, 15) is 19.2 Å². The van der Waals surface area contributed by atoms with Crippen LogP contribution in [-0.2, 0) is 25.7 Å². The second-order valence-electron chi connectivity index (χ2n) is 9.76. The van der Waals surface area contributed by atoms with Gasteiger partial charge in [-0.05, 0) is 54.0 Å². The molecule has 0 N–H and O–H groups in total. The van der Waals surface area contributed by atoms with Crippen LogP contribution >= 0.6 is 11.3 Å². The molecule has 0 saturated heterocycles. The molecule has 10 nitrogen and oxygen atoms in total. The molecule has 1 aliphatic rings. The number of rotatable bonds is 8. The molecule has 3 aromatic carbocycles. The molecule has 0 spiro atoms. The van der Waals surface area contributed by atoms with Gasteiger partial charge in [-0.25, -0.2) is 14.6 Å². The summed E-state index contributed by atoms with van der Waals surface area (Å²) in [4.78, 5) is 56.1. The monoisotopic (exact) mass is 612 g/mol. The molecule has 1 atom stereocenters. The molecule has 5 rings (SSSR count). The average molecular weight is 613 g/mol. The van der Waals surface area contributed by atoms with Gasteiger partial charge in [0.2, 0.25) is 0 Å². The smallest absolute Gasteiger partial charge is 0.338 e. The highest BCUT2D eigenvalue weighted by molar-refractivity contribution is 7.07. The molecule has 0 radical (unpaired) electrons. The fourth-order valence-corrected chi connectivity index (χ4v) is 5.83. The minimum Gasteiger partial charge on any atom is -0.493 e. The summed E-state index contributed by atoms with van der Waals surface area (Å²) in [6.45, 7) is 3.03. The number of esters is 3. The van der Waals surface area contributed by atoms with E-state index in [0.29, 0.717) is 37.5 Å². The summed E-state index contributed by atoms with van der Waals surface area (Å²) >= 11 is 1.16. The Bertz CT molecular complexity index is 1960. The Morgan fingerprint density at radius 2 is 1.68 bits per heavy atom. The van der Waals surface area contributed by atoms with Crippen LogP contribution in [0.15, 0.2) is 93.9 Å². The Kier molecular flexibility index (Phi) is 8.86. The highest BCUT2D eigenvalue weighted by atomic mass is 32.1. The molecule has 2 heterocycles. The number of aromatic nitrogens is 1. The number of fused-ring (bicyclic) bond motifs is 1. The summed E-state index contributed by atoms with van der Waals surface area (Å²) in [6.07, 6.45) is 1.67. The standard InChI is InChI=1S/C33H28N2O8S/c1-19-28(32(39)42-18-21-8-6-5-7-9-21)29(23-11-13-24(14-12-23)31(38)41-4)35-30(37)27(44-33(35)34-19)17-22-10-15-25(43-20(2)36)26(16-22)40-3/h5-17,29H,18H2,1-4H3. The third kappa shape index (κ3) is 6.23. The Hall–Kier alpha value is -5.29. The van der Waals surface area contributed by atoms with E-state index in [1.807, 2.05) is 30.3 Å². The van der Waals surface area contributed by atoms with Crippen molar-refractivity contribution in [3.05, 3.63) is 126 Å². The molecule has 4 aromatic rings. The van der Waals surface area contributed by atoms with Crippen LogP contribution in [0.3, 0.4) is 0 Å². The second kappa shape index (κ2) is 12.9. The van der Waals surface area contributed by atoms with E-state index in [1.54, 1.807) is 55.5 Å². The van der Waals surface area contributed by atoms with Crippen LogP contribution in [0.1, 0.15) is 46.9 Å². The first-order chi connectivity index (χ1) is 21.2. The molecule has 0 amide bonds. The summed E-state index contributed by atoms with van der Waals surface area (Å²) in [6, 6.07) is 19.8. The zero-order chi connectivity index (χ0) is 31.4. The number of carbonyl (C=O) groups is 3. The van der Waals surface area contributed by atoms with Gasteiger partial charge >= 0.3 is 17.9 Å². The van der Waals surface area contributed by atoms with Gasteiger partial charge in [-0.15, -0.1) is 0 Å². The van der Waals surface area contributed by atoms with Crippen LogP contribution in [0.2, 0.25) is 0 Å². The van der Waals surface area contributed by atoms with Gasteiger partial charge in [0.15, 0.2) is 16.3 Å². The van der Waals surface area contributed by atoms with E-state index >= 15 is 0 Å². The molecule has 1 aromatic heterocycles. The summed E-state index contributed by atoms with van der Waals surface area (Å²) in [7, 11) is 2.74. The number of thiazole rings is 1. The third-order valence-electron chi connectivity index (χ3n) is 6.84. The van der Waals surface area contributed by atoms with Gasteiger partial charge in [-0.3, -0.25) is 14.2 Å². The topological polar surface area (TPSA) is 122 Å². The highest BCUT2D eigenvalue weighted by Gasteiger charge is 2.33. The Morgan fingerprint density at radius 3 is 2.34 bits per heavy atom. The first-order valence-electron chi connectivity index (χ1n) is 13.5. The van der Waals surface area contributed by atoms with Crippen molar-refractivity contribution in [2.24, 2.45) is 4.99 Å². The van der Waals surface area contributed by atoms with Crippen LogP contribution in [0.5, 0.6) is 11.5 Å². The molecule has 11 heteroatoms. The maximum Gasteiger partial charge on any atom is 0.338 e. The average Bonchev–Trinajstić information content (AvgIpc) is 3.33. The highest BCUT2D eigenvalue weighted by Crippen LogP contribution is 2.32. The Balaban J connectivity index is 1.60. The zero-order valence-corrected chi connectivity index (χ0v) is 25.2. The predicted molar refractivity (Wildman–Crippen MR) is 162 cm³/mol. The third-order valence-corrected chi connectivity index (χ3v) is 7.82. The van der Waals surface area contributed by atoms with Crippen molar-refractivity contribution >= 4 is 35.3 Å². The lowest BCUT2D eigenvalue weighted by Gasteiger charge is -2.25. The zero-order valence-electron chi connectivity index (χ0n) is 24.4. The molecule has 1 aliphatic heterocycles. The Morgan fingerprint density at radius 1 is 0.955 bits per heavy atom. The lowest BCUT2D eigenvalue weighted by molar-refractivity contribution is -0.141. The molecular formula is C33H28N2O8S. The van der Waals surface area contributed by atoms with Gasteiger partial charge in [-0.1, -0.05) is 59.9 Å². The van der Waals surface area contributed by atoms with Crippen molar-refractivity contribution < 1.29 is 33.3 Å². The van der Waals surface area contributed by atoms with Gasteiger partial charge in [0.1, 0.15) is 6.61 Å². The van der Waals surface area contributed by atoms with Crippen LogP contribution in [-0.4, -0.2) is 36.7 Å². The number of ether oxygens (including phenoxy) is 4. The van der Waals surface area contributed by atoms with Gasteiger partial charge in [-0.2, -0.15) is 0 Å². The second-order valence-corrected chi connectivity index (χ2v) is 10.8. The van der Waals surface area contributed by atoms with Gasteiger partial charge in [0.05, 0.1) is 41.6 Å². The molecule has 44 heavy (non-hydrogen) atoms. The van der Waals surface area contributed by atoms with Crippen molar-refractivity contribution in [3.8, 4) is 11.5 Å². The largest absolute Gasteiger partial charge is 0.493 e. The number of nitrogens with zero attached hydrogens (tertiary/aromatic N) is 2. The van der Waals surface area contributed by atoms with Crippen molar-refractivity contribution in [1.82, 2.24) is 4.57 Å². The van der Waals surface area contributed by atoms with Crippen molar-refractivity contribution in [1.29, 1.82) is 0 Å². The van der Waals surface area contributed by atoms with Gasteiger partial charge in [0.25, 0.3) is 5.56 Å². The SMILES string of the molecule is COC(=O)c1ccc(C2C(C(=O)OCc3ccccc3)=C(C)N=c3sc(=Cc4ccc(OC(C)=O)c(OC)c4)c(=O)n32)cc1. The number of hydrogen-bond acceptors (Lipinski definition) is 10. The molecule has 0 aliphatic carbocycles. The van der Waals surface area contributed by atoms with Crippen LogP contribution in [0.25, 0.3) is 6.08 Å². The summed E-state index contributed by atoms with van der Waals surface area (Å²) < 4.78 is 22.9. The first-order valence-corrected chi connectivity index (χ1v) is 14.3. The van der Waals surface area contributed by atoms with E-state index < -0.39 is 23.9 Å². The fraction of sp³-hybridized carbons (Fsp3) is 0.182. The lowest BCUT2D eigenvalue weighted by atomic mass is 9.95. The van der Waals surface area contributed by atoms with Crippen molar-refractivity contribution in [3.63, 3.8) is 0 Å². The van der Waals surface area contributed by atoms with Crippen LogP contribution in [0.4, 0.5) is 0 Å². The molecule has 0 fully saturated rings. The van der Waals surface area contributed by atoms with Gasteiger partial charge in [0, 0.05) is 6.92 Å². The number of benzene rings is 3. The van der Waals surface area contributed by atoms with Crippen LogP contribution < -0.4 is 24.4 Å². The van der Waals surface area contributed by atoms with E-state index in [4.69, 9.17) is 18.9 Å². The van der Waals surface area contributed by atoms with Crippen molar-refractivity contribution in [2.45, 2.75) is 26.5 Å². The van der Waals surface area contributed by atoms with Crippen LogP contribution in [0, 0.1) is 0 Å². The summed E-state index contributed by atoms with van der Waals surface area (Å²) in [5.41, 5.74) is 2.58. The molecular weight excluding hydrogens is 584 g/mol. The fourth-order valence-electron chi connectivity index (χ4n) is 4.78. The lowest BCUT2D eigenvalue weighted by Crippen LogP contribution is -2.39. The summed E-state index contributed by atoms with van der Waals surface area (Å²) in [5, 5.41) is 0. The summed E-state index contributed by atoms with van der Waals surface area (Å²) in [5.74, 6) is -1.03. The van der Waals surface area contributed by atoms with E-state index in [0.717, 1.165) is 16.9 Å². The molecule has 224 valence electrons. The molecule has 0 saturated carbocycles. The Labute approximate surface area is 256 Å². The maximum atomic E-state index is 14.0. The maximum absolute atomic E-state index is 14.0. The number of carbonyl (C=O) groups excluding carboxylic acids is 3. The minimum atomic E-state index is -0.871. The number of methoxy groups -OCH3 is 2. The van der Waals surface area contributed by atoms with E-state index in [2.05, 4.69) is 4.99 Å². The normalized spacial score (nSPS) is 14.4. The van der Waals surface area contributed by atoms with E-state index in [1.165, 1.54) is 25.7 Å². The molecule has 0 bridgehead atoms. The predicted octanol–water partition coefficient (Wildman–Crippen LogP) is 3.70. The quantitative estimate of drug-likeness (QED) is 0.218. The minimum absolute atomic E-state index is 0.0417. The van der Waals surface area contributed by atoms with Gasteiger partial charge < -0.3 is 18.9 Å². The van der Waals surface area contributed by atoms with E-state index in [-0.39, 0.29) is 23.5 Å². The number of allylic oxidation sites excluding steroid dienone is 1.